The lowest BCUT2D eigenvalue weighted by atomic mass is 10.2. The van der Waals surface area contributed by atoms with Gasteiger partial charge in [-0.2, -0.15) is 20.1 Å². The molecule has 2 aromatic carbocycles. The van der Waals surface area contributed by atoms with Gasteiger partial charge in [0.15, 0.2) is 11.5 Å². The average molecular weight is 419 g/mol. The molecule has 0 spiro atoms. The van der Waals surface area contributed by atoms with Gasteiger partial charge in [-0.3, -0.25) is 0 Å². The van der Waals surface area contributed by atoms with Crippen molar-refractivity contribution in [3.63, 3.8) is 0 Å². The summed E-state index contributed by atoms with van der Waals surface area (Å²) >= 11 is 0. The number of hydrogen-bond acceptors (Lipinski definition) is 10. The highest BCUT2D eigenvalue weighted by Gasteiger charge is 2.17. The van der Waals surface area contributed by atoms with Crippen LogP contribution in [-0.4, -0.2) is 54.3 Å². The lowest BCUT2D eigenvalue weighted by Gasteiger charge is -2.27. The van der Waals surface area contributed by atoms with E-state index in [4.69, 9.17) is 14.2 Å². The van der Waals surface area contributed by atoms with Crippen molar-refractivity contribution < 1.29 is 14.2 Å². The Labute approximate surface area is 178 Å². The number of rotatable bonds is 6. The molecule has 0 unspecified atom stereocenters. The molecule has 1 fully saturated rings. The third-order valence-corrected chi connectivity index (χ3v) is 4.72. The van der Waals surface area contributed by atoms with Gasteiger partial charge in [0.2, 0.25) is 24.6 Å². The molecule has 2 aliphatic rings. The number of benzene rings is 2. The summed E-state index contributed by atoms with van der Waals surface area (Å²) in [6.45, 7) is 2.94. The fourth-order valence-electron chi connectivity index (χ4n) is 3.18. The van der Waals surface area contributed by atoms with Crippen LogP contribution >= 0.6 is 0 Å². The van der Waals surface area contributed by atoms with E-state index in [9.17, 15) is 0 Å². The lowest BCUT2D eigenvalue weighted by Crippen LogP contribution is -2.37. The van der Waals surface area contributed by atoms with Crippen LogP contribution in [0.4, 0.5) is 23.5 Å². The maximum atomic E-state index is 5.44. The number of hydrogen-bond donors (Lipinski definition) is 2. The zero-order valence-corrected chi connectivity index (χ0v) is 16.7. The second kappa shape index (κ2) is 8.84. The number of nitrogens with zero attached hydrogens (tertiary/aromatic N) is 5. The number of nitrogens with one attached hydrogen (secondary N) is 2. The van der Waals surface area contributed by atoms with Gasteiger partial charge in [-0.25, -0.2) is 5.43 Å². The fraction of sp³-hybridized carbons (Fsp3) is 0.238. The van der Waals surface area contributed by atoms with Crippen LogP contribution in [0, 0.1) is 0 Å². The molecule has 3 heterocycles. The Kier molecular flexibility index (Phi) is 5.44. The highest BCUT2D eigenvalue weighted by atomic mass is 16.7. The van der Waals surface area contributed by atoms with Crippen LogP contribution in [0.1, 0.15) is 5.56 Å². The van der Waals surface area contributed by atoms with Crippen LogP contribution in [-0.2, 0) is 4.74 Å². The molecular formula is C21H21N7O3. The van der Waals surface area contributed by atoms with E-state index in [2.05, 4.69) is 35.7 Å². The molecule has 10 nitrogen and oxygen atoms in total. The quantitative estimate of drug-likeness (QED) is 0.461. The largest absolute Gasteiger partial charge is 0.454 e. The van der Waals surface area contributed by atoms with E-state index in [1.54, 1.807) is 6.21 Å². The van der Waals surface area contributed by atoms with Gasteiger partial charge in [0.1, 0.15) is 0 Å². The minimum absolute atomic E-state index is 0.237. The first-order valence-electron chi connectivity index (χ1n) is 9.93. The van der Waals surface area contributed by atoms with Crippen LogP contribution in [0.2, 0.25) is 0 Å². The second-order valence-corrected chi connectivity index (χ2v) is 6.86. The monoisotopic (exact) mass is 419 g/mol. The summed E-state index contributed by atoms with van der Waals surface area (Å²) in [5, 5.41) is 7.49. The van der Waals surface area contributed by atoms with E-state index in [1.807, 2.05) is 48.5 Å². The molecule has 1 aromatic heterocycles. The van der Waals surface area contributed by atoms with E-state index in [0.717, 1.165) is 17.0 Å². The molecule has 0 aliphatic carbocycles. The number of ether oxygens (including phenoxy) is 3. The number of para-hydroxylation sites is 1. The Morgan fingerprint density at radius 3 is 2.58 bits per heavy atom. The Balaban J connectivity index is 1.36. The van der Waals surface area contributed by atoms with Gasteiger partial charge < -0.3 is 24.4 Å². The molecule has 2 N–H and O–H groups in total. The molecule has 0 atom stereocenters. The minimum atomic E-state index is 0.237. The molecule has 31 heavy (non-hydrogen) atoms. The van der Waals surface area contributed by atoms with Gasteiger partial charge in [0, 0.05) is 18.8 Å². The summed E-state index contributed by atoms with van der Waals surface area (Å²) in [7, 11) is 0. The number of aromatic nitrogens is 3. The van der Waals surface area contributed by atoms with Gasteiger partial charge in [0.05, 0.1) is 19.4 Å². The van der Waals surface area contributed by atoms with E-state index >= 15 is 0 Å². The molecule has 0 bridgehead atoms. The smallest absolute Gasteiger partial charge is 0.250 e. The molecule has 2 aliphatic heterocycles. The van der Waals surface area contributed by atoms with Crippen LogP contribution in [0.3, 0.4) is 0 Å². The maximum Gasteiger partial charge on any atom is 0.250 e. The van der Waals surface area contributed by atoms with E-state index in [-0.39, 0.29) is 6.79 Å². The summed E-state index contributed by atoms with van der Waals surface area (Å²) in [4.78, 5) is 15.6. The molecular weight excluding hydrogens is 398 g/mol. The first-order chi connectivity index (χ1) is 15.3. The topological polar surface area (TPSA) is 106 Å². The van der Waals surface area contributed by atoms with Crippen LogP contribution in [0.15, 0.2) is 53.6 Å². The summed E-state index contributed by atoms with van der Waals surface area (Å²) in [5.74, 6) is 2.77. The van der Waals surface area contributed by atoms with Gasteiger partial charge in [-0.1, -0.05) is 18.2 Å². The predicted octanol–water partition coefficient (Wildman–Crippen LogP) is 2.63. The van der Waals surface area contributed by atoms with E-state index in [1.165, 1.54) is 0 Å². The molecule has 3 aromatic rings. The van der Waals surface area contributed by atoms with Crippen molar-refractivity contribution in [1.82, 2.24) is 15.0 Å². The molecule has 1 saturated heterocycles. The van der Waals surface area contributed by atoms with Gasteiger partial charge in [-0.15, -0.1) is 0 Å². The third-order valence-electron chi connectivity index (χ3n) is 4.72. The molecule has 5 rings (SSSR count). The molecule has 158 valence electrons. The van der Waals surface area contributed by atoms with Crippen LogP contribution in [0.5, 0.6) is 11.5 Å². The Bertz CT molecular complexity index is 1070. The molecule has 0 saturated carbocycles. The van der Waals surface area contributed by atoms with Gasteiger partial charge >= 0.3 is 0 Å². The molecule has 10 heteroatoms. The van der Waals surface area contributed by atoms with Gasteiger partial charge in [0.25, 0.3) is 0 Å². The van der Waals surface area contributed by atoms with Crippen molar-refractivity contribution in [2.45, 2.75) is 0 Å². The highest BCUT2D eigenvalue weighted by molar-refractivity contribution is 5.81. The number of morpholine rings is 1. The Morgan fingerprint density at radius 2 is 1.71 bits per heavy atom. The maximum absolute atomic E-state index is 5.44. The van der Waals surface area contributed by atoms with Crippen molar-refractivity contribution >= 4 is 29.7 Å². The normalized spacial score (nSPS) is 15.3. The Morgan fingerprint density at radius 1 is 0.903 bits per heavy atom. The zero-order chi connectivity index (χ0) is 20.9. The second-order valence-electron chi connectivity index (χ2n) is 6.86. The summed E-state index contributed by atoms with van der Waals surface area (Å²) in [6, 6.07) is 15.4. The van der Waals surface area contributed by atoms with Crippen LogP contribution in [0.25, 0.3) is 0 Å². The number of hydrazone groups is 1. The summed E-state index contributed by atoms with van der Waals surface area (Å²) < 4.78 is 16.2. The Hall–Kier alpha value is -3.92. The van der Waals surface area contributed by atoms with Crippen molar-refractivity contribution in [3.05, 3.63) is 54.1 Å². The van der Waals surface area contributed by atoms with Crippen molar-refractivity contribution in [3.8, 4) is 11.5 Å². The zero-order valence-electron chi connectivity index (χ0n) is 16.7. The minimum Gasteiger partial charge on any atom is -0.454 e. The molecule has 0 amide bonds. The van der Waals surface area contributed by atoms with Crippen molar-refractivity contribution in [1.29, 1.82) is 0 Å². The number of fused-ring (bicyclic) bond motifs is 1. The first-order valence-corrected chi connectivity index (χ1v) is 9.93. The lowest BCUT2D eigenvalue weighted by molar-refractivity contribution is 0.122. The SMILES string of the molecule is C(=NNc1nc(Nc2ccccc2)nc(N2CCOCC2)n1)c1ccc2c(c1)OCO2. The molecule has 0 radical (unpaired) electrons. The average Bonchev–Trinajstić information content (AvgIpc) is 3.28. The summed E-state index contributed by atoms with van der Waals surface area (Å²) in [5.41, 5.74) is 4.65. The third kappa shape index (κ3) is 4.64. The highest BCUT2D eigenvalue weighted by Crippen LogP contribution is 2.32. The van der Waals surface area contributed by atoms with E-state index < -0.39 is 0 Å². The predicted molar refractivity (Wildman–Crippen MR) is 116 cm³/mol. The number of anilines is 4. The van der Waals surface area contributed by atoms with Gasteiger partial charge in [-0.05, 0) is 35.9 Å². The fourth-order valence-corrected chi connectivity index (χ4v) is 3.18. The van der Waals surface area contributed by atoms with Crippen molar-refractivity contribution in [2.24, 2.45) is 5.10 Å². The van der Waals surface area contributed by atoms with E-state index in [0.29, 0.717) is 49.9 Å². The van der Waals surface area contributed by atoms with Crippen molar-refractivity contribution in [2.75, 3.05) is 48.7 Å². The van der Waals surface area contributed by atoms with Crippen LogP contribution < -0.4 is 25.1 Å². The summed E-state index contributed by atoms with van der Waals surface area (Å²) in [6.07, 6.45) is 1.67. The standard InChI is InChI=1S/C21H21N7O3/c1-2-4-16(5-3-1)23-19-24-20(26-21(25-19)28-8-10-29-11-9-28)27-22-13-15-6-7-17-18(12-15)31-14-30-17/h1-7,12-13H,8-11,14H2,(H2,23,24,25,26,27). The first kappa shape index (κ1) is 19.1.